The van der Waals surface area contributed by atoms with E-state index in [0.29, 0.717) is 12.1 Å². The van der Waals surface area contributed by atoms with Crippen LogP contribution in [0.25, 0.3) is 10.9 Å². The van der Waals surface area contributed by atoms with Crippen LogP contribution in [0, 0.1) is 0 Å². The minimum atomic E-state index is 0.448. The van der Waals surface area contributed by atoms with Crippen LogP contribution < -0.4 is 0 Å². The molecule has 26 heavy (non-hydrogen) atoms. The van der Waals surface area contributed by atoms with Crippen molar-refractivity contribution in [1.82, 2.24) is 14.4 Å². The maximum atomic E-state index is 3.67. The zero-order chi connectivity index (χ0) is 17.8. The van der Waals surface area contributed by atoms with Gasteiger partial charge in [-0.05, 0) is 50.2 Å². The van der Waals surface area contributed by atoms with Gasteiger partial charge in [-0.25, -0.2) is 0 Å². The van der Waals surface area contributed by atoms with Crippen molar-refractivity contribution in [3.63, 3.8) is 0 Å². The predicted octanol–water partition coefficient (Wildman–Crippen LogP) is 4.45. The maximum Gasteiger partial charge on any atom is 0.0755 e. The molecular formula is C22H24BrN3. The van der Waals surface area contributed by atoms with Crippen LogP contribution in [0.1, 0.15) is 22.9 Å². The molecule has 3 aromatic rings. The topological polar surface area (TPSA) is 11.4 Å². The molecule has 0 bridgehead atoms. The predicted molar refractivity (Wildman–Crippen MR) is 110 cm³/mol. The lowest BCUT2D eigenvalue weighted by molar-refractivity contribution is 0.0515. The summed E-state index contributed by atoms with van der Waals surface area (Å²) in [6.45, 7) is 2.09. The van der Waals surface area contributed by atoms with Gasteiger partial charge in [-0.15, -0.1) is 0 Å². The van der Waals surface area contributed by atoms with Gasteiger partial charge in [0.05, 0.1) is 18.2 Å². The monoisotopic (exact) mass is 409 g/mol. The summed E-state index contributed by atoms with van der Waals surface area (Å²) in [5, 5.41) is 1.44. The molecule has 2 aliphatic heterocycles. The standard InChI is InChI=1S/C22H24BrN3/c1-24-11-10-18-17-9-8-16(23)13-19(17)26-14-25(2)20(22(24)21(18)26)12-15-6-4-3-5-7-15/h3-9,13,20,22H,10-12,14H2,1-2H3. The van der Waals surface area contributed by atoms with Gasteiger partial charge in [-0.1, -0.05) is 52.3 Å². The molecule has 4 heteroatoms. The Morgan fingerprint density at radius 2 is 1.85 bits per heavy atom. The SMILES string of the molecule is CN1Cn2c3c(c4ccc(Br)cc42)CCN(C)C3C1Cc1ccccc1. The molecule has 2 aliphatic rings. The summed E-state index contributed by atoms with van der Waals surface area (Å²) < 4.78 is 3.71. The smallest absolute Gasteiger partial charge is 0.0755 e. The number of likely N-dealkylation sites (N-methyl/N-ethyl adjacent to an activating group) is 2. The maximum absolute atomic E-state index is 3.67. The molecule has 0 fully saturated rings. The summed E-state index contributed by atoms with van der Waals surface area (Å²) >= 11 is 3.67. The van der Waals surface area contributed by atoms with Gasteiger partial charge in [0.1, 0.15) is 0 Å². The fourth-order valence-corrected chi connectivity index (χ4v) is 5.32. The summed E-state index contributed by atoms with van der Waals surface area (Å²) in [5.74, 6) is 0. The minimum Gasteiger partial charge on any atom is -0.329 e. The normalized spacial score (nSPS) is 23.3. The van der Waals surface area contributed by atoms with Crippen LogP contribution in [0.2, 0.25) is 0 Å². The Labute approximate surface area is 163 Å². The Hall–Kier alpha value is -1.62. The molecule has 0 radical (unpaired) electrons. The summed E-state index contributed by atoms with van der Waals surface area (Å²) in [6.07, 6.45) is 2.24. The van der Waals surface area contributed by atoms with Gasteiger partial charge >= 0.3 is 0 Å². The van der Waals surface area contributed by atoms with Crippen molar-refractivity contribution < 1.29 is 0 Å². The first-order chi connectivity index (χ1) is 12.6. The summed E-state index contributed by atoms with van der Waals surface area (Å²) in [7, 11) is 4.57. The summed E-state index contributed by atoms with van der Waals surface area (Å²) in [4.78, 5) is 5.10. The molecule has 0 saturated heterocycles. The van der Waals surface area contributed by atoms with E-state index < -0.39 is 0 Å². The van der Waals surface area contributed by atoms with Crippen molar-refractivity contribution in [2.75, 3.05) is 20.6 Å². The van der Waals surface area contributed by atoms with Gasteiger partial charge < -0.3 is 4.57 Å². The summed E-state index contributed by atoms with van der Waals surface area (Å²) in [5.41, 5.74) is 5.92. The van der Waals surface area contributed by atoms with E-state index in [1.54, 1.807) is 11.3 Å². The van der Waals surface area contributed by atoms with Gasteiger partial charge in [-0.3, -0.25) is 9.80 Å². The lowest BCUT2D eigenvalue weighted by Gasteiger charge is -2.47. The van der Waals surface area contributed by atoms with Gasteiger partial charge in [0.15, 0.2) is 0 Å². The van der Waals surface area contributed by atoms with Crippen LogP contribution in [-0.4, -0.2) is 41.0 Å². The largest absolute Gasteiger partial charge is 0.329 e. The molecule has 134 valence electrons. The fraction of sp³-hybridized carbons (Fsp3) is 0.364. The first-order valence-corrected chi connectivity index (χ1v) is 10.2. The Morgan fingerprint density at radius 3 is 2.65 bits per heavy atom. The lowest BCUT2D eigenvalue weighted by atomic mass is 9.88. The molecule has 2 unspecified atom stereocenters. The molecule has 2 atom stereocenters. The number of aromatic nitrogens is 1. The number of rotatable bonds is 2. The molecule has 3 heterocycles. The molecule has 1 aromatic heterocycles. The third-order valence-electron chi connectivity index (χ3n) is 6.23. The zero-order valence-corrected chi connectivity index (χ0v) is 16.9. The Bertz CT molecular complexity index is 962. The van der Waals surface area contributed by atoms with Gasteiger partial charge in [-0.2, -0.15) is 0 Å². The van der Waals surface area contributed by atoms with Crippen molar-refractivity contribution in [3.8, 4) is 0 Å². The van der Waals surface area contributed by atoms with Gasteiger partial charge in [0, 0.05) is 28.1 Å². The molecule has 3 nitrogen and oxygen atoms in total. The molecule has 5 rings (SSSR count). The number of hydrogen-bond donors (Lipinski definition) is 0. The molecule has 0 N–H and O–H groups in total. The summed E-state index contributed by atoms with van der Waals surface area (Å²) in [6, 6.07) is 18.7. The van der Waals surface area contributed by atoms with E-state index in [1.165, 1.54) is 16.5 Å². The third-order valence-corrected chi connectivity index (χ3v) is 6.72. The highest BCUT2D eigenvalue weighted by Crippen LogP contribution is 2.43. The molecule has 2 aromatic carbocycles. The van der Waals surface area contributed by atoms with E-state index in [2.05, 4.69) is 92.9 Å². The first-order valence-electron chi connectivity index (χ1n) is 9.38. The zero-order valence-electron chi connectivity index (χ0n) is 15.3. The molecular weight excluding hydrogens is 386 g/mol. The van der Waals surface area contributed by atoms with Crippen molar-refractivity contribution in [2.24, 2.45) is 0 Å². The van der Waals surface area contributed by atoms with E-state index in [0.717, 1.165) is 30.5 Å². The molecule has 0 amide bonds. The molecule has 0 spiro atoms. The highest BCUT2D eigenvalue weighted by molar-refractivity contribution is 9.10. The number of benzene rings is 2. The van der Waals surface area contributed by atoms with Crippen LogP contribution in [0.3, 0.4) is 0 Å². The van der Waals surface area contributed by atoms with Crippen LogP contribution in [-0.2, 0) is 19.5 Å². The van der Waals surface area contributed by atoms with Crippen LogP contribution in [0.4, 0.5) is 0 Å². The molecule has 0 saturated carbocycles. The lowest BCUT2D eigenvalue weighted by Crippen LogP contribution is -2.52. The second kappa shape index (κ2) is 6.22. The van der Waals surface area contributed by atoms with Crippen LogP contribution in [0.15, 0.2) is 53.0 Å². The Balaban J connectivity index is 1.66. The third kappa shape index (κ3) is 2.47. The average Bonchev–Trinajstić information content (AvgIpc) is 2.94. The second-order valence-electron chi connectivity index (χ2n) is 7.78. The number of halogens is 1. The number of fused-ring (bicyclic) bond motifs is 3. The van der Waals surface area contributed by atoms with Crippen molar-refractivity contribution >= 4 is 26.8 Å². The second-order valence-corrected chi connectivity index (χ2v) is 8.70. The minimum absolute atomic E-state index is 0.448. The van der Waals surface area contributed by atoms with E-state index in [9.17, 15) is 0 Å². The van der Waals surface area contributed by atoms with Crippen LogP contribution >= 0.6 is 15.9 Å². The van der Waals surface area contributed by atoms with E-state index in [-0.39, 0.29) is 0 Å². The first kappa shape index (κ1) is 16.5. The number of nitrogens with zero attached hydrogens (tertiary/aromatic N) is 3. The van der Waals surface area contributed by atoms with Gasteiger partial charge in [0.2, 0.25) is 0 Å². The van der Waals surface area contributed by atoms with Crippen molar-refractivity contribution in [2.45, 2.75) is 31.6 Å². The van der Waals surface area contributed by atoms with Crippen LogP contribution in [0.5, 0.6) is 0 Å². The van der Waals surface area contributed by atoms with Gasteiger partial charge in [0.25, 0.3) is 0 Å². The quantitative estimate of drug-likeness (QED) is 0.619. The molecule has 0 aliphatic carbocycles. The fourth-order valence-electron chi connectivity index (χ4n) is 4.97. The van der Waals surface area contributed by atoms with E-state index in [1.807, 2.05) is 0 Å². The van der Waals surface area contributed by atoms with Crippen molar-refractivity contribution in [1.29, 1.82) is 0 Å². The Kier molecular flexibility index (Phi) is 3.96. The highest BCUT2D eigenvalue weighted by atomic mass is 79.9. The van der Waals surface area contributed by atoms with E-state index in [4.69, 9.17) is 0 Å². The highest BCUT2D eigenvalue weighted by Gasteiger charge is 2.41. The van der Waals surface area contributed by atoms with E-state index >= 15 is 0 Å². The van der Waals surface area contributed by atoms with Crippen molar-refractivity contribution in [3.05, 3.63) is 69.8 Å². The number of hydrogen-bond acceptors (Lipinski definition) is 2. The average molecular weight is 410 g/mol. The Morgan fingerprint density at radius 1 is 1.04 bits per heavy atom.